The molecule has 0 spiro atoms. The second kappa shape index (κ2) is 8.52. The van der Waals surface area contributed by atoms with Crippen LogP contribution in [0.15, 0.2) is 42.5 Å². The molecule has 3 nitrogen and oxygen atoms in total. The maximum atomic E-state index is 10.8. The van der Waals surface area contributed by atoms with Crippen molar-refractivity contribution in [2.45, 2.75) is 6.42 Å². The number of para-hydroxylation sites is 2. The Labute approximate surface area is 177 Å². The Morgan fingerprint density at radius 3 is 2.30 bits per heavy atom. The zero-order valence-corrected chi connectivity index (χ0v) is 17.3. The predicted molar refractivity (Wildman–Crippen MR) is 78.6 cm³/mol. The summed E-state index contributed by atoms with van der Waals surface area (Å²) in [5.41, 5.74) is 1.93. The Morgan fingerprint density at radius 2 is 1.70 bits per heavy atom. The summed E-state index contributed by atoms with van der Waals surface area (Å²) in [5.74, 6) is -0.889. The van der Waals surface area contributed by atoms with Crippen molar-refractivity contribution in [2.75, 3.05) is 5.32 Å². The fourth-order valence-electron chi connectivity index (χ4n) is 1.71. The number of anilines is 2. The number of hydrogen-bond acceptors (Lipinski definition) is 2. The Hall–Kier alpha value is 0.0952. The number of carboxylic acids is 1. The van der Waals surface area contributed by atoms with Gasteiger partial charge in [0.2, 0.25) is 0 Å². The van der Waals surface area contributed by atoms with Crippen LogP contribution in [0.4, 0.5) is 11.4 Å². The summed E-state index contributed by atoms with van der Waals surface area (Å²) in [7, 11) is 0. The van der Waals surface area contributed by atoms with E-state index < -0.39 is 5.97 Å². The van der Waals surface area contributed by atoms with Gasteiger partial charge in [-0.1, -0.05) is 47.5 Å². The maximum absolute atomic E-state index is 10.8. The van der Waals surface area contributed by atoms with Gasteiger partial charge >= 0.3 is 64.2 Å². The Morgan fingerprint density at radius 1 is 1.10 bits per heavy atom. The van der Waals surface area contributed by atoms with Crippen LogP contribution in [-0.2, 0) is 11.2 Å². The molecule has 0 saturated carbocycles. The first-order chi connectivity index (χ1) is 9.08. The molecule has 0 unspecified atom stereocenters. The van der Waals surface area contributed by atoms with Crippen LogP contribution in [0, 0.1) is 0 Å². The molecular formula is C14H12Cl2NO2Rb. The monoisotopic (exact) mass is 381 g/mol. The number of carboxylic acid groups (broad SMARTS) is 1. The van der Waals surface area contributed by atoms with E-state index in [2.05, 4.69) is 5.32 Å². The van der Waals surface area contributed by atoms with Gasteiger partial charge < -0.3 is 11.8 Å². The molecule has 0 aliphatic carbocycles. The molecule has 0 amide bonds. The fourth-order valence-corrected chi connectivity index (χ4v) is 2.20. The first-order valence-electron chi connectivity index (χ1n) is 5.58. The average Bonchev–Trinajstić information content (AvgIpc) is 2.35. The SMILES string of the molecule is O=C(O)Cc1ccccc1Nc1c(Cl)cccc1Cl.[H-].[Rb+]. The molecule has 0 atom stereocenters. The van der Waals surface area contributed by atoms with Gasteiger partial charge in [-0.05, 0) is 23.8 Å². The Bertz CT molecular complexity index is 605. The molecule has 0 bridgehead atoms. The van der Waals surface area contributed by atoms with E-state index in [0.29, 0.717) is 27.0 Å². The quantitative estimate of drug-likeness (QED) is 0.842. The number of benzene rings is 2. The van der Waals surface area contributed by atoms with Gasteiger partial charge in [0.1, 0.15) is 0 Å². The predicted octanol–water partition coefficient (Wildman–Crippen LogP) is 1.48. The third kappa shape index (κ3) is 4.83. The van der Waals surface area contributed by atoms with E-state index >= 15 is 0 Å². The molecule has 0 saturated heterocycles. The average molecular weight is 383 g/mol. The Balaban J connectivity index is 0.00000200. The van der Waals surface area contributed by atoms with Crippen LogP contribution in [-0.4, -0.2) is 11.1 Å². The smallest absolute Gasteiger partial charge is 1.00 e. The normalized spacial score (nSPS) is 9.70. The minimum atomic E-state index is -0.889. The van der Waals surface area contributed by atoms with Crippen molar-refractivity contribution in [3.05, 3.63) is 58.1 Å². The van der Waals surface area contributed by atoms with Crippen molar-refractivity contribution in [3.63, 3.8) is 0 Å². The van der Waals surface area contributed by atoms with Crippen LogP contribution >= 0.6 is 23.2 Å². The van der Waals surface area contributed by atoms with E-state index in [4.69, 9.17) is 28.3 Å². The molecule has 0 aliphatic rings. The third-order valence-corrected chi connectivity index (χ3v) is 3.21. The molecule has 2 N–H and O–H groups in total. The number of hydrogen-bond donors (Lipinski definition) is 2. The summed E-state index contributed by atoms with van der Waals surface area (Å²) in [6.45, 7) is 0. The van der Waals surface area contributed by atoms with Crippen LogP contribution in [0.2, 0.25) is 10.0 Å². The van der Waals surface area contributed by atoms with Crippen LogP contribution in [0.5, 0.6) is 0 Å². The minimum Gasteiger partial charge on any atom is -1.00 e. The van der Waals surface area contributed by atoms with Crippen molar-refractivity contribution in [1.82, 2.24) is 0 Å². The van der Waals surface area contributed by atoms with E-state index in [9.17, 15) is 4.79 Å². The summed E-state index contributed by atoms with van der Waals surface area (Å²) in [6, 6.07) is 12.3. The molecule has 6 heteroatoms. The summed E-state index contributed by atoms with van der Waals surface area (Å²) in [5, 5.41) is 12.9. The van der Waals surface area contributed by atoms with Crippen LogP contribution in [0.25, 0.3) is 0 Å². The van der Waals surface area contributed by atoms with Crippen LogP contribution in [0.1, 0.15) is 6.99 Å². The fraction of sp³-hybridized carbons (Fsp3) is 0.0714. The Kier molecular flexibility index (Phi) is 7.73. The molecular weight excluding hydrogens is 371 g/mol. The summed E-state index contributed by atoms with van der Waals surface area (Å²) in [6.07, 6.45) is -0.0642. The van der Waals surface area contributed by atoms with Crippen LogP contribution in [0.3, 0.4) is 0 Å². The summed E-state index contributed by atoms with van der Waals surface area (Å²) >= 11 is 12.1. The maximum Gasteiger partial charge on any atom is 1.00 e. The largest absolute Gasteiger partial charge is 1.00 e. The molecule has 0 aliphatic heterocycles. The van der Waals surface area contributed by atoms with Gasteiger partial charge in [-0.2, -0.15) is 0 Å². The van der Waals surface area contributed by atoms with Gasteiger partial charge in [0.15, 0.2) is 0 Å². The second-order valence-electron chi connectivity index (χ2n) is 3.95. The molecule has 20 heavy (non-hydrogen) atoms. The first-order valence-corrected chi connectivity index (χ1v) is 6.34. The number of rotatable bonds is 4. The molecule has 0 aromatic heterocycles. The van der Waals surface area contributed by atoms with Gasteiger partial charge in [-0.15, -0.1) is 0 Å². The molecule has 0 fully saturated rings. The van der Waals surface area contributed by atoms with Gasteiger partial charge in [0.05, 0.1) is 22.2 Å². The number of nitrogens with one attached hydrogen (secondary N) is 1. The minimum absolute atomic E-state index is 0. The van der Waals surface area contributed by atoms with Gasteiger partial charge in [0.25, 0.3) is 0 Å². The van der Waals surface area contributed by atoms with Crippen molar-refractivity contribution in [1.29, 1.82) is 0 Å². The first kappa shape index (κ1) is 18.1. The molecule has 0 heterocycles. The summed E-state index contributed by atoms with van der Waals surface area (Å²) in [4.78, 5) is 10.8. The zero-order valence-electron chi connectivity index (χ0n) is 11.9. The zero-order chi connectivity index (χ0) is 13.8. The van der Waals surface area contributed by atoms with Gasteiger partial charge in [-0.3, -0.25) is 4.79 Å². The molecule has 0 radical (unpaired) electrons. The summed E-state index contributed by atoms with van der Waals surface area (Å²) < 4.78 is 0. The van der Waals surface area contributed by atoms with Crippen molar-refractivity contribution >= 4 is 40.5 Å². The number of halogens is 2. The van der Waals surface area contributed by atoms with Gasteiger partial charge in [0, 0.05) is 5.69 Å². The third-order valence-electron chi connectivity index (χ3n) is 2.58. The topological polar surface area (TPSA) is 49.3 Å². The van der Waals surface area contributed by atoms with E-state index in [-0.39, 0.29) is 66.0 Å². The van der Waals surface area contributed by atoms with Gasteiger partial charge in [-0.25, -0.2) is 0 Å². The molecule has 100 valence electrons. The van der Waals surface area contributed by atoms with E-state index in [0.717, 1.165) is 0 Å². The van der Waals surface area contributed by atoms with E-state index in [1.807, 2.05) is 6.07 Å². The molecule has 2 rings (SSSR count). The molecule has 2 aromatic carbocycles. The van der Waals surface area contributed by atoms with Crippen molar-refractivity contribution in [3.8, 4) is 0 Å². The van der Waals surface area contributed by atoms with E-state index in [1.165, 1.54) is 0 Å². The number of aliphatic carboxylic acids is 1. The van der Waals surface area contributed by atoms with E-state index in [1.54, 1.807) is 36.4 Å². The van der Waals surface area contributed by atoms with Crippen molar-refractivity contribution in [2.24, 2.45) is 0 Å². The standard InChI is InChI=1S/C14H11Cl2NO2.Rb.H/c15-10-5-3-6-11(16)14(10)17-12-7-2-1-4-9(12)8-13(18)19;;/h1-7,17H,8H2,(H,18,19);;/q;+1;-1. The second-order valence-corrected chi connectivity index (χ2v) is 4.76. The number of carbonyl (C=O) groups is 1. The van der Waals surface area contributed by atoms with Crippen molar-refractivity contribution < 1.29 is 69.5 Å². The molecule has 2 aromatic rings. The van der Waals surface area contributed by atoms with Crippen LogP contribution < -0.4 is 63.5 Å².